The van der Waals surface area contributed by atoms with E-state index in [2.05, 4.69) is 10.3 Å². The fourth-order valence-corrected chi connectivity index (χ4v) is 1.59. The van der Waals surface area contributed by atoms with Crippen molar-refractivity contribution in [1.29, 1.82) is 0 Å². The van der Waals surface area contributed by atoms with E-state index >= 15 is 0 Å². The van der Waals surface area contributed by atoms with Gasteiger partial charge in [0.2, 0.25) is 0 Å². The predicted octanol–water partition coefficient (Wildman–Crippen LogP) is 0.951. The summed E-state index contributed by atoms with van der Waals surface area (Å²) in [5.41, 5.74) is -0.773. The Kier molecular flexibility index (Phi) is 5.39. The first-order chi connectivity index (χ1) is 7.96. The molecule has 1 rings (SSSR count). The van der Waals surface area contributed by atoms with Gasteiger partial charge in [-0.2, -0.15) is 0 Å². The zero-order chi connectivity index (χ0) is 12.9. The Bertz CT molecular complexity index is 352. The van der Waals surface area contributed by atoms with Crippen LogP contribution in [0.15, 0.2) is 6.20 Å². The van der Waals surface area contributed by atoms with Crippen molar-refractivity contribution in [2.45, 2.75) is 25.5 Å². The molecular formula is C11H20ClN3O2. The highest BCUT2D eigenvalue weighted by molar-refractivity contribution is 6.29. The summed E-state index contributed by atoms with van der Waals surface area (Å²) in [5.74, 6) is 0.845. The highest BCUT2D eigenvalue weighted by Gasteiger charge is 2.19. The van der Waals surface area contributed by atoms with Crippen molar-refractivity contribution in [2.75, 3.05) is 20.3 Å². The van der Waals surface area contributed by atoms with E-state index in [0.29, 0.717) is 31.3 Å². The van der Waals surface area contributed by atoms with Gasteiger partial charge < -0.3 is 19.7 Å². The summed E-state index contributed by atoms with van der Waals surface area (Å²) in [6.45, 7) is 3.39. The smallest absolute Gasteiger partial charge is 0.128 e. The molecule has 0 aliphatic heterocycles. The summed E-state index contributed by atoms with van der Waals surface area (Å²) in [6, 6.07) is 0. The average molecular weight is 262 g/mol. The molecule has 0 fully saturated rings. The maximum absolute atomic E-state index is 10.0. The van der Waals surface area contributed by atoms with Crippen LogP contribution in [0.5, 0.6) is 0 Å². The van der Waals surface area contributed by atoms with Crippen LogP contribution in [0.1, 0.15) is 19.2 Å². The number of nitrogens with zero attached hydrogens (tertiary/aromatic N) is 2. The van der Waals surface area contributed by atoms with E-state index in [9.17, 15) is 5.11 Å². The van der Waals surface area contributed by atoms with Gasteiger partial charge in [0.1, 0.15) is 11.0 Å². The van der Waals surface area contributed by atoms with Crippen LogP contribution in [0.2, 0.25) is 5.15 Å². The lowest BCUT2D eigenvalue weighted by Crippen LogP contribution is -2.38. The first-order valence-electron chi connectivity index (χ1n) is 5.54. The Morgan fingerprint density at radius 1 is 1.65 bits per heavy atom. The van der Waals surface area contributed by atoms with E-state index < -0.39 is 5.60 Å². The second-order valence-electron chi connectivity index (χ2n) is 4.40. The zero-order valence-electron chi connectivity index (χ0n) is 10.5. The summed E-state index contributed by atoms with van der Waals surface area (Å²) < 4.78 is 6.75. The van der Waals surface area contributed by atoms with Crippen molar-refractivity contribution < 1.29 is 9.84 Å². The third-order valence-electron chi connectivity index (χ3n) is 2.66. The number of methoxy groups -OCH3 is 1. The van der Waals surface area contributed by atoms with Crippen LogP contribution in [0, 0.1) is 0 Å². The Morgan fingerprint density at radius 2 is 2.35 bits per heavy atom. The minimum atomic E-state index is -0.773. The van der Waals surface area contributed by atoms with Crippen molar-refractivity contribution in [3.63, 3.8) is 0 Å². The summed E-state index contributed by atoms with van der Waals surface area (Å²) in [6.07, 6.45) is 2.21. The Hall–Kier alpha value is -0.620. The quantitative estimate of drug-likeness (QED) is 0.767. The molecule has 0 aliphatic carbocycles. The van der Waals surface area contributed by atoms with Gasteiger partial charge in [-0.15, -0.1) is 0 Å². The van der Waals surface area contributed by atoms with Crippen molar-refractivity contribution in [3.05, 3.63) is 17.2 Å². The molecule has 0 saturated heterocycles. The molecule has 0 radical (unpaired) electrons. The summed E-state index contributed by atoms with van der Waals surface area (Å²) in [4.78, 5) is 4.16. The maximum Gasteiger partial charge on any atom is 0.128 e. The standard InChI is InChI=1S/C11H20ClN3O2/c1-11(16,4-5-17-3)8-13-7-10-14-6-9(12)15(10)2/h6,13,16H,4-5,7-8H2,1-3H3. The molecule has 5 nitrogen and oxygen atoms in total. The van der Waals surface area contributed by atoms with E-state index in [4.69, 9.17) is 16.3 Å². The largest absolute Gasteiger partial charge is 0.389 e. The molecule has 0 aromatic carbocycles. The molecule has 0 saturated carbocycles. The first-order valence-corrected chi connectivity index (χ1v) is 5.92. The topological polar surface area (TPSA) is 59.3 Å². The Balaban J connectivity index is 2.34. The molecule has 98 valence electrons. The Labute approximate surface area is 107 Å². The van der Waals surface area contributed by atoms with Crippen molar-refractivity contribution in [3.8, 4) is 0 Å². The number of imidazole rings is 1. The number of nitrogens with one attached hydrogen (secondary N) is 1. The third kappa shape index (κ3) is 4.63. The minimum absolute atomic E-state index is 0.487. The van der Waals surface area contributed by atoms with E-state index in [1.807, 2.05) is 7.05 Å². The van der Waals surface area contributed by atoms with Gasteiger partial charge >= 0.3 is 0 Å². The molecule has 0 spiro atoms. The first kappa shape index (κ1) is 14.4. The molecule has 2 N–H and O–H groups in total. The van der Waals surface area contributed by atoms with Gasteiger partial charge in [0, 0.05) is 33.7 Å². The van der Waals surface area contributed by atoms with E-state index in [0.717, 1.165) is 5.82 Å². The Morgan fingerprint density at radius 3 is 2.88 bits per heavy atom. The lowest BCUT2D eigenvalue weighted by molar-refractivity contribution is 0.0246. The number of halogens is 1. The fourth-order valence-electron chi connectivity index (χ4n) is 1.44. The van der Waals surface area contributed by atoms with Gasteiger partial charge in [-0.1, -0.05) is 11.6 Å². The normalized spacial score (nSPS) is 14.9. The van der Waals surface area contributed by atoms with Gasteiger partial charge in [0.15, 0.2) is 0 Å². The average Bonchev–Trinajstić information content (AvgIpc) is 2.58. The van der Waals surface area contributed by atoms with Crippen LogP contribution in [-0.4, -0.2) is 40.5 Å². The van der Waals surface area contributed by atoms with Crippen molar-refractivity contribution in [2.24, 2.45) is 7.05 Å². The third-order valence-corrected chi connectivity index (χ3v) is 3.01. The molecular weight excluding hydrogens is 242 g/mol. The second kappa shape index (κ2) is 6.35. The van der Waals surface area contributed by atoms with Crippen LogP contribution in [0.4, 0.5) is 0 Å². The molecule has 1 heterocycles. The van der Waals surface area contributed by atoms with Crippen molar-refractivity contribution in [1.82, 2.24) is 14.9 Å². The van der Waals surface area contributed by atoms with Crippen LogP contribution in [0.25, 0.3) is 0 Å². The number of rotatable bonds is 7. The van der Waals surface area contributed by atoms with Crippen LogP contribution in [-0.2, 0) is 18.3 Å². The number of hydrogen-bond donors (Lipinski definition) is 2. The van der Waals surface area contributed by atoms with Gasteiger partial charge in [-0.3, -0.25) is 0 Å². The van der Waals surface area contributed by atoms with E-state index in [1.165, 1.54) is 0 Å². The molecule has 1 aromatic heterocycles. The van der Waals surface area contributed by atoms with Crippen LogP contribution < -0.4 is 5.32 Å². The maximum atomic E-state index is 10.0. The van der Waals surface area contributed by atoms with Gasteiger partial charge in [0.25, 0.3) is 0 Å². The molecule has 6 heteroatoms. The van der Waals surface area contributed by atoms with Crippen molar-refractivity contribution >= 4 is 11.6 Å². The van der Waals surface area contributed by atoms with Gasteiger partial charge in [-0.05, 0) is 6.92 Å². The van der Waals surface area contributed by atoms with Gasteiger partial charge in [-0.25, -0.2) is 4.98 Å². The second-order valence-corrected chi connectivity index (χ2v) is 4.79. The summed E-state index contributed by atoms with van der Waals surface area (Å²) in [7, 11) is 3.48. The predicted molar refractivity (Wildman–Crippen MR) is 67.0 cm³/mol. The number of ether oxygens (including phenoxy) is 1. The molecule has 1 unspecified atom stereocenters. The number of aliphatic hydroxyl groups is 1. The van der Waals surface area contributed by atoms with Gasteiger partial charge in [0.05, 0.1) is 18.3 Å². The summed E-state index contributed by atoms with van der Waals surface area (Å²) in [5, 5.41) is 13.8. The highest BCUT2D eigenvalue weighted by atomic mass is 35.5. The van der Waals surface area contributed by atoms with E-state index in [1.54, 1.807) is 24.8 Å². The number of hydrogen-bond acceptors (Lipinski definition) is 4. The monoisotopic (exact) mass is 261 g/mol. The molecule has 1 aromatic rings. The molecule has 0 bridgehead atoms. The highest BCUT2D eigenvalue weighted by Crippen LogP contribution is 2.10. The summed E-state index contributed by atoms with van der Waals surface area (Å²) >= 11 is 5.87. The SMILES string of the molecule is COCCC(C)(O)CNCc1ncc(Cl)n1C. The fraction of sp³-hybridized carbons (Fsp3) is 0.727. The van der Waals surface area contributed by atoms with E-state index in [-0.39, 0.29) is 0 Å². The molecule has 0 aliphatic rings. The zero-order valence-corrected chi connectivity index (χ0v) is 11.3. The lowest BCUT2D eigenvalue weighted by atomic mass is 10.0. The molecule has 1 atom stereocenters. The number of aromatic nitrogens is 2. The van der Waals surface area contributed by atoms with Crippen LogP contribution in [0.3, 0.4) is 0 Å². The molecule has 0 amide bonds. The molecule has 17 heavy (non-hydrogen) atoms. The van der Waals surface area contributed by atoms with Crippen LogP contribution >= 0.6 is 11.6 Å². The minimum Gasteiger partial charge on any atom is -0.389 e. The lowest BCUT2D eigenvalue weighted by Gasteiger charge is -2.23.